The van der Waals surface area contributed by atoms with Gasteiger partial charge in [0.2, 0.25) is 0 Å². The number of fused-ring (bicyclic) bond motifs is 1. The molecule has 1 aromatic carbocycles. The second-order valence-corrected chi connectivity index (χ2v) is 6.97. The summed E-state index contributed by atoms with van der Waals surface area (Å²) in [6.07, 6.45) is 0.558. The molecular formula is C17H19N3O4S. The third-order valence-corrected chi connectivity index (χ3v) is 5.16. The lowest BCUT2D eigenvalue weighted by molar-refractivity contribution is -0.150. The molecule has 1 saturated heterocycles. The van der Waals surface area contributed by atoms with Gasteiger partial charge in [-0.1, -0.05) is 0 Å². The number of rotatable bonds is 2. The van der Waals surface area contributed by atoms with Crippen molar-refractivity contribution in [2.45, 2.75) is 13.3 Å². The molecule has 2 heterocycles. The molecule has 7 nitrogen and oxygen atoms in total. The minimum atomic E-state index is -0.683. The van der Waals surface area contributed by atoms with Crippen molar-refractivity contribution in [3.8, 4) is 0 Å². The molecule has 1 N–H and O–H groups in total. The highest BCUT2D eigenvalue weighted by molar-refractivity contribution is 7.71. The number of aromatic amines is 1. The van der Waals surface area contributed by atoms with Crippen LogP contribution in [-0.4, -0.2) is 46.5 Å². The molecule has 1 unspecified atom stereocenters. The van der Waals surface area contributed by atoms with E-state index in [4.69, 9.17) is 17.0 Å². The van der Waals surface area contributed by atoms with Gasteiger partial charge in [-0.05, 0) is 43.8 Å². The number of carbonyl (C=O) groups excluding carboxylic acids is 2. The third kappa shape index (κ3) is 2.86. The number of benzene rings is 1. The summed E-state index contributed by atoms with van der Waals surface area (Å²) < 4.78 is 6.48. The molecule has 25 heavy (non-hydrogen) atoms. The Morgan fingerprint density at radius 3 is 2.76 bits per heavy atom. The zero-order valence-corrected chi connectivity index (χ0v) is 15.1. The van der Waals surface area contributed by atoms with Crippen molar-refractivity contribution in [3.05, 3.63) is 38.9 Å². The summed E-state index contributed by atoms with van der Waals surface area (Å²) >= 11 is 5.12. The maximum Gasteiger partial charge on any atom is 0.313 e. The maximum absolute atomic E-state index is 12.8. The first kappa shape index (κ1) is 17.3. The normalized spacial score (nSPS) is 20.0. The highest BCUT2D eigenvalue weighted by Crippen LogP contribution is 2.32. The highest BCUT2D eigenvalue weighted by Gasteiger charge is 2.43. The number of methoxy groups -OCH3 is 1. The van der Waals surface area contributed by atoms with Gasteiger partial charge in [-0.25, -0.2) is 0 Å². The number of nitrogens with zero attached hydrogens (tertiary/aromatic N) is 2. The first-order chi connectivity index (χ1) is 11.8. The summed E-state index contributed by atoms with van der Waals surface area (Å²) in [4.78, 5) is 41.5. The number of likely N-dealkylation sites (tertiary alicyclic amines) is 1. The van der Waals surface area contributed by atoms with Gasteiger partial charge >= 0.3 is 5.97 Å². The van der Waals surface area contributed by atoms with Crippen LogP contribution >= 0.6 is 12.2 Å². The summed E-state index contributed by atoms with van der Waals surface area (Å²) in [7, 11) is 2.95. The summed E-state index contributed by atoms with van der Waals surface area (Å²) in [6, 6.07) is 4.87. The molecule has 8 heteroatoms. The van der Waals surface area contributed by atoms with Crippen molar-refractivity contribution in [2.75, 3.05) is 20.2 Å². The van der Waals surface area contributed by atoms with Crippen LogP contribution in [0.2, 0.25) is 0 Å². The second-order valence-electron chi connectivity index (χ2n) is 6.58. The topological polar surface area (TPSA) is 84.4 Å². The lowest BCUT2D eigenvalue weighted by atomic mass is 9.90. The lowest BCUT2D eigenvalue weighted by Crippen LogP contribution is -2.35. The fourth-order valence-electron chi connectivity index (χ4n) is 3.17. The monoisotopic (exact) mass is 361 g/mol. The van der Waals surface area contributed by atoms with Gasteiger partial charge in [-0.2, -0.15) is 0 Å². The number of H-pyrrole nitrogens is 1. The Bertz CT molecular complexity index is 994. The Kier molecular flexibility index (Phi) is 4.24. The van der Waals surface area contributed by atoms with E-state index in [0.29, 0.717) is 40.7 Å². The highest BCUT2D eigenvalue weighted by atomic mass is 32.1. The maximum atomic E-state index is 12.8. The number of ether oxygens (including phenoxy) is 1. The van der Waals surface area contributed by atoms with Gasteiger partial charge in [0.25, 0.3) is 11.5 Å². The largest absolute Gasteiger partial charge is 0.469 e. The van der Waals surface area contributed by atoms with Crippen molar-refractivity contribution in [1.82, 2.24) is 14.5 Å². The van der Waals surface area contributed by atoms with Gasteiger partial charge in [0.15, 0.2) is 4.77 Å². The Morgan fingerprint density at radius 2 is 2.08 bits per heavy atom. The molecule has 3 rings (SSSR count). The molecule has 0 bridgehead atoms. The van der Waals surface area contributed by atoms with Gasteiger partial charge in [0.05, 0.1) is 23.4 Å². The van der Waals surface area contributed by atoms with Crippen LogP contribution in [0.5, 0.6) is 0 Å². The van der Waals surface area contributed by atoms with Crippen LogP contribution in [0.1, 0.15) is 23.7 Å². The van der Waals surface area contributed by atoms with Gasteiger partial charge < -0.3 is 14.6 Å². The van der Waals surface area contributed by atoms with E-state index in [1.807, 2.05) is 0 Å². The average Bonchev–Trinajstić information content (AvgIpc) is 3.01. The number of amides is 1. The molecule has 1 fully saturated rings. The van der Waals surface area contributed by atoms with Crippen molar-refractivity contribution in [1.29, 1.82) is 0 Å². The minimum Gasteiger partial charge on any atom is -0.469 e. The average molecular weight is 361 g/mol. The van der Waals surface area contributed by atoms with Crippen molar-refractivity contribution in [3.63, 3.8) is 0 Å². The molecule has 1 atom stereocenters. The number of aromatic nitrogens is 2. The van der Waals surface area contributed by atoms with Gasteiger partial charge in [0.1, 0.15) is 0 Å². The molecule has 132 valence electrons. The fraction of sp³-hybridized carbons (Fsp3) is 0.412. The molecular weight excluding hydrogens is 342 g/mol. The molecule has 0 radical (unpaired) electrons. The van der Waals surface area contributed by atoms with Crippen LogP contribution in [0.3, 0.4) is 0 Å². The van der Waals surface area contributed by atoms with E-state index in [1.165, 1.54) is 11.7 Å². The van der Waals surface area contributed by atoms with Crippen molar-refractivity contribution < 1.29 is 14.3 Å². The van der Waals surface area contributed by atoms with Crippen LogP contribution in [-0.2, 0) is 16.6 Å². The Labute approximate surface area is 149 Å². The number of hydrogen-bond acceptors (Lipinski definition) is 5. The van der Waals surface area contributed by atoms with Crippen molar-refractivity contribution in [2.24, 2.45) is 12.5 Å². The molecule has 1 amide bonds. The van der Waals surface area contributed by atoms with Gasteiger partial charge in [0, 0.05) is 25.7 Å². The smallest absolute Gasteiger partial charge is 0.313 e. The standard InChI is InChI=1S/C17H19N3O4S/c1-17(15(23)24-3)6-7-20(9-17)13(21)10-4-5-11-12(8-10)18-16(25)19(2)14(11)22/h4-5,8H,6-7,9H2,1-3H3,(H,18,25). The Morgan fingerprint density at radius 1 is 1.36 bits per heavy atom. The van der Waals surface area contributed by atoms with Gasteiger partial charge in [-0.3, -0.25) is 19.0 Å². The predicted octanol–water partition coefficient (Wildman–Crippen LogP) is 1.62. The zero-order valence-electron chi connectivity index (χ0n) is 14.3. The van der Waals surface area contributed by atoms with E-state index in [1.54, 1.807) is 37.1 Å². The Balaban J connectivity index is 1.94. The predicted molar refractivity (Wildman–Crippen MR) is 95.0 cm³/mol. The molecule has 1 aliphatic heterocycles. The van der Waals surface area contributed by atoms with E-state index < -0.39 is 5.41 Å². The van der Waals surface area contributed by atoms with E-state index in [9.17, 15) is 14.4 Å². The Hall–Kier alpha value is -2.48. The zero-order chi connectivity index (χ0) is 18.4. The van der Waals surface area contributed by atoms with E-state index in [-0.39, 0.29) is 17.4 Å². The van der Waals surface area contributed by atoms with Crippen LogP contribution < -0.4 is 5.56 Å². The summed E-state index contributed by atoms with van der Waals surface area (Å²) in [5.41, 5.74) is 0.0727. The number of carbonyl (C=O) groups is 2. The SMILES string of the molecule is COC(=O)C1(C)CCN(C(=O)c2ccc3c(=O)n(C)c(=S)[nH]c3c2)C1. The van der Waals surface area contributed by atoms with Crippen LogP contribution in [0.25, 0.3) is 10.9 Å². The first-order valence-electron chi connectivity index (χ1n) is 7.87. The second kappa shape index (κ2) is 6.11. The molecule has 1 aromatic heterocycles. The number of nitrogens with one attached hydrogen (secondary N) is 1. The van der Waals surface area contributed by atoms with E-state index in [0.717, 1.165) is 0 Å². The quantitative estimate of drug-likeness (QED) is 0.649. The number of hydrogen-bond donors (Lipinski definition) is 1. The van der Waals surface area contributed by atoms with Gasteiger partial charge in [-0.15, -0.1) is 0 Å². The summed E-state index contributed by atoms with van der Waals surface area (Å²) in [6.45, 7) is 2.59. The fourth-order valence-corrected chi connectivity index (χ4v) is 3.36. The van der Waals surface area contributed by atoms with E-state index >= 15 is 0 Å². The third-order valence-electron chi connectivity index (χ3n) is 4.79. The van der Waals surface area contributed by atoms with E-state index in [2.05, 4.69) is 4.98 Å². The molecule has 0 saturated carbocycles. The molecule has 0 spiro atoms. The minimum absolute atomic E-state index is 0.186. The van der Waals surface area contributed by atoms with Crippen molar-refractivity contribution >= 4 is 35.0 Å². The van der Waals surface area contributed by atoms with Crippen LogP contribution in [0.15, 0.2) is 23.0 Å². The summed E-state index contributed by atoms with van der Waals surface area (Å²) in [5.74, 6) is -0.497. The lowest BCUT2D eigenvalue weighted by Gasteiger charge is -2.22. The number of esters is 1. The molecule has 1 aliphatic rings. The van der Waals surface area contributed by atoms with Crippen LogP contribution in [0, 0.1) is 10.2 Å². The first-order valence-corrected chi connectivity index (χ1v) is 8.28. The van der Waals surface area contributed by atoms with Crippen LogP contribution in [0.4, 0.5) is 0 Å². The molecule has 2 aromatic rings. The molecule has 0 aliphatic carbocycles. The summed E-state index contributed by atoms with van der Waals surface area (Å²) in [5, 5.41) is 0.466.